The highest BCUT2D eigenvalue weighted by atomic mass is 35.5. The van der Waals surface area contributed by atoms with Gasteiger partial charge in [0.1, 0.15) is 6.61 Å². The molecule has 0 spiro atoms. The molecule has 0 amide bonds. The number of hydrogen-bond donors (Lipinski definition) is 1. The summed E-state index contributed by atoms with van der Waals surface area (Å²) in [6.07, 6.45) is 8.08. The topological polar surface area (TPSA) is 30.5 Å². The molecule has 2 unspecified atom stereocenters. The van der Waals surface area contributed by atoms with E-state index in [0.717, 1.165) is 35.1 Å². The van der Waals surface area contributed by atoms with Gasteiger partial charge in [0.05, 0.1) is 17.2 Å². The highest BCUT2D eigenvalue weighted by molar-refractivity contribution is 6.42. The zero-order valence-electron chi connectivity index (χ0n) is 19.3. The van der Waals surface area contributed by atoms with Gasteiger partial charge in [0.2, 0.25) is 0 Å². The van der Waals surface area contributed by atoms with Crippen LogP contribution in [0.25, 0.3) is 0 Å². The van der Waals surface area contributed by atoms with Crippen molar-refractivity contribution in [3.05, 3.63) is 57.6 Å². The standard InChI is InChI=1S/C27H33Cl2NO2/c1-25-10-19-11-26(2,15-25)17-27(12-19,16-25)30-13-20-5-4-6-23(31-3)24(20)32-14-18-7-8-21(28)22(29)9-18/h4-9,19,30H,10-17H2,1-3H3. The molecule has 4 saturated carbocycles. The molecule has 0 saturated heterocycles. The van der Waals surface area contributed by atoms with Crippen molar-refractivity contribution >= 4 is 23.2 Å². The van der Waals surface area contributed by atoms with Crippen LogP contribution < -0.4 is 14.8 Å². The maximum atomic E-state index is 6.28. The lowest BCUT2D eigenvalue weighted by Crippen LogP contribution is -2.63. The van der Waals surface area contributed by atoms with Crippen LogP contribution in [0.2, 0.25) is 10.0 Å². The largest absolute Gasteiger partial charge is 0.493 e. The van der Waals surface area contributed by atoms with E-state index in [4.69, 9.17) is 32.7 Å². The summed E-state index contributed by atoms with van der Waals surface area (Å²) in [5.74, 6) is 2.42. The molecule has 4 aliphatic rings. The van der Waals surface area contributed by atoms with Gasteiger partial charge in [-0.2, -0.15) is 0 Å². The number of hydrogen-bond acceptors (Lipinski definition) is 3. The van der Waals surface area contributed by atoms with Crippen molar-refractivity contribution in [1.82, 2.24) is 5.32 Å². The minimum absolute atomic E-state index is 0.243. The van der Waals surface area contributed by atoms with Crippen LogP contribution in [0.5, 0.6) is 11.5 Å². The summed E-state index contributed by atoms with van der Waals surface area (Å²) in [6, 6.07) is 11.8. The molecule has 2 atom stereocenters. The van der Waals surface area contributed by atoms with Gasteiger partial charge in [-0.1, -0.05) is 55.2 Å². The number of nitrogens with one attached hydrogen (secondary N) is 1. The van der Waals surface area contributed by atoms with Crippen molar-refractivity contribution in [2.75, 3.05) is 7.11 Å². The van der Waals surface area contributed by atoms with E-state index in [2.05, 4.69) is 25.2 Å². The van der Waals surface area contributed by atoms with Crippen LogP contribution in [0.3, 0.4) is 0 Å². The lowest BCUT2D eigenvalue weighted by Gasteiger charge is -2.65. The minimum atomic E-state index is 0.243. The van der Waals surface area contributed by atoms with Gasteiger partial charge in [-0.3, -0.25) is 0 Å². The van der Waals surface area contributed by atoms with Crippen molar-refractivity contribution in [1.29, 1.82) is 0 Å². The number of methoxy groups -OCH3 is 1. The molecule has 0 radical (unpaired) electrons. The summed E-state index contributed by atoms with van der Waals surface area (Å²) < 4.78 is 11.9. The zero-order valence-corrected chi connectivity index (χ0v) is 20.8. The predicted octanol–water partition coefficient (Wildman–Crippen LogP) is 7.42. The smallest absolute Gasteiger partial charge is 0.166 e. The third-order valence-electron chi connectivity index (χ3n) is 7.93. The zero-order chi connectivity index (χ0) is 22.6. The van der Waals surface area contributed by atoms with Gasteiger partial charge in [0, 0.05) is 17.6 Å². The maximum Gasteiger partial charge on any atom is 0.166 e. The fraction of sp³-hybridized carbons (Fsp3) is 0.556. The molecule has 4 fully saturated rings. The Labute approximate surface area is 201 Å². The lowest BCUT2D eigenvalue weighted by atomic mass is 9.43. The molecule has 0 heterocycles. The van der Waals surface area contributed by atoms with Gasteiger partial charge >= 0.3 is 0 Å². The van der Waals surface area contributed by atoms with Crippen LogP contribution in [0.1, 0.15) is 63.5 Å². The first-order valence-electron chi connectivity index (χ1n) is 11.7. The Morgan fingerprint density at radius 1 is 0.969 bits per heavy atom. The molecule has 6 rings (SSSR count). The van der Waals surface area contributed by atoms with Gasteiger partial charge in [-0.25, -0.2) is 0 Å². The average molecular weight is 474 g/mol. The Bertz CT molecular complexity index is 1000. The number of rotatable bonds is 7. The lowest BCUT2D eigenvalue weighted by molar-refractivity contribution is -0.118. The molecule has 172 valence electrons. The second kappa shape index (κ2) is 8.11. The van der Waals surface area contributed by atoms with E-state index in [0.29, 0.717) is 27.5 Å². The highest BCUT2D eigenvalue weighted by Gasteiger charge is 2.59. The average Bonchev–Trinajstić information content (AvgIpc) is 2.70. The normalized spacial score (nSPS) is 32.8. The van der Waals surface area contributed by atoms with E-state index in [9.17, 15) is 0 Å². The van der Waals surface area contributed by atoms with Gasteiger partial charge in [0.25, 0.3) is 0 Å². The minimum Gasteiger partial charge on any atom is -0.493 e. The number of halogens is 2. The highest BCUT2D eigenvalue weighted by Crippen LogP contribution is 2.66. The van der Waals surface area contributed by atoms with Gasteiger partial charge < -0.3 is 14.8 Å². The fourth-order valence-corrected chi connectivity index (χ4v) is 8.06. The number of ether oxygens (including phenoxy) is 2. The second-order valence-corrected chi connectivity index (χ2v) is 12.1. The molecule has 32 heavy (non-hydrogen) atoms. The molecule has 1 N–H and O–H groups in total. The molecule has 0 aromatic heterocycles. The SMILES string of the molecule is COc1cccc(CNC23CC4CC(C)(CC(C)(C4)C2)C3)c1OCc1ccc(Cl)c(Cl)c1. The van der Waals surface area contributed by atoms with E-state index in [1.165, 1.54) is 38.5 Å². The van der Waals surface area contributed by atoms with Crippen molar-refractivity contribution < 1.29 is 9.47 Å². The molecule has 3 nitrogen and oxygen atoms in total. The molecule has 2 aromatic carbocycles. The van der Waals surface area contributed by atoms with Gasteiger partial charge in [0.15, 0.2) is 11.5 Å². The molecular formula is C27H33Cl2NO2. The van der Waals surface area contributed by atoms with Crippen molar-refractivity contribution in [3.8, 4) is 11.5 Å². The Morgan fingerprint density at radius 3 is 2.38 bits per heavy atom. The van der Waals surface area contributed by atoms with Gasteiger partial charge in [-0.15, -0.1) is 0 Å². The quantitative estimate of drug-likeness (QED) is 0.453. The summed E-state index contributed by atoms with van der Waals surface area (Å²) in [5.41, 5.74) is 3.33. The molecule has 4 aliphatic carbocycles. The Balaban J connectivity index is 1.35. The molecule has 0 aliphatic heterocycles. The van der Waals surface area contributed by atoms with E-state index < -0.39 is 0 Å². The van der Waals surface area contributed by atoms with Crippen LogP contribution >= 0.6 is 23.2 Å². The second-order valence-electron chi connectivity index (χ2n) is 11.2. The van der Waals surface area contributed by atoms with Crippen LogP contribution in [0.4, 0.5) is 0 Å². The summed E-state index contributed by atoms with van der Waals surface area (Å²) in [5, 5.41) is 5.12. The van der Waals surface area contributed by atoms with Crippen molar-refractivity contribution in [2.24, 2.45) is 16.7 Å². The third-order valence-corrected chi connectivity index (χ3v) is 8.67. The Hall–Kier alpha value is -1.42. The van der Waals surface area contributed by atoms with E-state index in [1.807, 2.05) is 30.3 Å². The first-order valence-corrected chi connectivity index (χ1v) is 12.4. The summed E-state index contributed by atoms with van der Waals surface area (Å²) >= 11 is 12.2. The molecule has 5 heteroatoms. The van der Waals surface area contributed by atoms with Crippen LogP contribution in [-0.2, 0) is 13.2 Å². The first kappa shape index (κ1) is 22.4. The number of para-hydroxylation sites is 1. The molecular weight excluding hydrogens is 441 g/mol. The number of benzene rings is 2. The fourth-order valence-electron chi connectivity index (χ4n) is 7.74. The molecule has 2 aromatic rings. The first-order chi connectivity index (χ1) is 15.2. The third kappa shape index (κ3) is 4.24. The summed E-state index contributed by atoms with van der Waals surface area (Å²) in [6.45, 7) is 6.23. The van der Waals surface area contributed by atoms with Crippen LogP contribution in [0.15, 0.2) is 36.4 Å². The predicted molar refractivity (Wildman–Crippen MR) is 131 cm³/mol. The Morgan fingerprint density at radius 2 is 1.72 bits per heavy atom. The monoisotopic (exact) mass is 473 g/mol. The van der Waals surface area contributed by atoms with E-state index >= 15 is 0 Å². The van der Waals surface area contributed by atoms with Crippen molar-refractivity contribution in [2.45, 2.75) is 71.1 Å². The molecule has 4 bridgehead atoms. The van der Waals surface area contributed by atoms with E-state index in [1.54, 1.807) is 7.11 Å². The van der Waals surface area contributed by atoms with Crippen LogP contribution in [0, 0.1) is 16.7 Å². The van der Waals surface area contributed by atoms with Crippen LogP contribution in [-0.4, -0.2) is 12.6 Å². The van der Waals surface area contributed by atoms with Crippen molar-refractivity contribution in [3.63, 3.8) is 0 Å². The van der Waals surface area contributed by atoms with Gasteiger partial charge in [-0.05, 0) is 79.0 Å². The summed E-state index contributed by atoms with van der Waals surface area (Å²) in [4.78, 5) is 0. The summed E-state index contributed by atoms with van der Waals surface area (Å²) in [7, 11) is 1.69. The maximum absolute atomic E-state index is 6.28. The Kier molecular flexibility index (Phi) is 5.67. The van der Waals surface area contributed by atoms with E-state index in [-0.39, 0.29) is 5.54 Å².